The first kappa shape index (κ1) is 15.3. The minimum Gasteiger partial charge on any atom is -0.437 e. The molecule has 1 amide bonds. The molecular formula is C16H20N2O3. The molecule has 1 atom stereocenters. The standard InChI is InChI=1S/C16H20N2O3/c1-16(2,3)13(19)10-17-14(20)8-9-15-18-11-6-4-5-7-12(11)21-15/h4-9,13,19H,10H2,1-3H3,(H,17,20)/b9-8+. The summed E-state index contributed by atoms with van der Waals surface area (Å²) in [5, 5.41) is 12.5. The van der Waals surface area contributed by atoms with Gasteiger partial charge in [-0.15, -0.1) is 0 Å². The van der Waals surface area contributed by atoms with Crippen LogP contribution in [0.3, 0.4) is 0 Å². The summed E-state index contributed by atoms with van der Waals surface area (Å²) in [7, 11) is 0. The molecule has 0 fully saturated rings. The van der Waals surface area contributed by atoms with Crippen LogP contribution in [0.1, 0.15) is 26.7 Å². The Morgan fingerprint density at radius 1 is 1.43 bits per heavy atom. The van der Waals surface area contributed by atoms with Gasteiger partial charge in [0.1, 0.15) is 5.52 Å². The summed E-state index contributed by atoms with van der Waals surface area (Å²) < 4.78 is 5.47. The number of amides is 1. The maximum atomic E-state index is 11.7. The summed E-state index contributed by atoms with van der Waals surface area (Å²) in [6, 6.07) is 7.40. The van der Waals surface area contributed by atoms with Crippen molar-refractivity contribution in [1.82, 2.24) is 10.3 Å². The molecule has 2 N–H and O–H groups in total. The van der Waals surface area contributed by atoms with Crippen molar-refractivity contribution in [2.75, 3.05) is 6.54 Å². The number of aliphatic hydroxyl groups excluding tert-OH is 1. The molecule has 0 bridgehead atoms. The number of benzene rings is 1. The second-order valence-corrected chi connectivity index (χ2v) is 5.98. The maximum Gasteiger partial charge on any atom is 0.244 e. The molecule has 21 heavy (non-hydrogen) atoms. The third-order valence-corrected chi connectivity index (χ3v) is 3.16. The maximum absolute atomic E-state index is 11.7. The van der Waals surface area contributed by atoms with E-state index in [0.29, 0.717) is 11.5 Å². The number of nitrogens with zero attached hydrogens (tertiary/aromatic N) is 1. The van der Waals surface area contributed by atoms with Gasteiger partial charge in [-0.1, -0.05) is 32.9 Å². The fraction of sp³-hybridized carbons (Fsp3) is 0.375. The third kappa shape index (κ3) is 4.16. The SMILES string of the molecule is CC(C)(C)C(O)CNC(=O)/C=C/c1nc2ccccc2o1. The molecule has 0 aliphatic heterocycles. The van der Waals surface area contributed by atoms with Crippen LogP contribution in [0.5, 0.6) is 0 Å². The first-order valence-electron chi connectivity index (χ1n) is 6.86. The third-order valence-electron chi connectivity index (χ3n) is 3.16. The van der Waals surface area contributed by atoms with Gasteiger partial charge < -0.3 is 14.8 Å². The Bertz CT molecular complexity index is 620. The summed E-state index contributed by atoms with van der Waals surface area (Å²) in [4.78, 5) is 15.9. The molecule has 0 aliphatic carbocycles. The first-order chi connectivity index (χ1) is 9.86. The number of hydrogen-bond acceptors (Lipinski definition) is 4. The average Bonchev–Trinajstić information content (AvgIpc) is 2.84. The van der Waals surface area contributed by atoms with E-state index >= 15 is 0 Å². The molecule has 1 aromatic carbocycles. The van der Waals surface area contributed by atoms with Crippen molar-refractivity contribution in [2.45, 2.75) is 26.9 Å². The average molecular weight is 288 g/mol. The van der Waals surface area contributed by atoms with E-state index in [9.17, 15) is 9.90 Å². The van der Waals surface area contributed by atoms with Gasteiger partial charge in [0, 0.05) is 18.7 Å². The number of hydrogen-bond donors (Lipinski definition) is 2. The highest BCUT2D eigenvalue weighted by molar-refractivity contribution is 5.91. The van der Waals surface area contributed by atoms with Gasteiger partial charge in [-0.3, -0.25) is 4.79 Å². The minimum atomic E-state index is -0.598. The normalized spacial score (nSPS) is 13.7. The van der Waals surface area contributed by atoms with Crippen LogP contribution in [0.25, 0.3) is 17.2 Å². The summed E-state index contributed by atoms with van der Waals surface area (Å²) in [6.45, 7) is 5.95. The van der Waals surface area contributed by atoms with Crippen molar-refractivity contribution in [3.8, 4) is 0 Å². The highest BCUT2D eigenvalue weighted by atomic mass is 16.3. The molecule has 2 rings (SSSR count). The van der Waals surface area contributed by atoms with E-state index in [2.05, 4.69) is 10.3 Å². The summed E-state index contributed by atoms with van der Waals surface area (Å²) >= 11 is 0. The van der Waals surface area contributed by atoms with Crippen LogP contribution in [0.15, 0.2) is 34.8 Å². The Kier molecular flexibility index (Phi) is 4.43. The number of oxazole rings is 1. The van der Waals surface area contributed by atoms with Crippen LogP contribution < -0.4 is 5.32 Å². The molecule has 0 spiro atoms. The zero-order valence-electron chi connectivity index (χ0n) is 12.5. The van der Waals surface area contributed by atoms with Crippen LogP contribution in [0.4, 0.5) is 0 Å². The smallest absolute Gasteiger partial charge is 0.244 e. The van der Waals surface area contributed by atoms with Crippen LogP contribution in [0, 0.1) is 5.41 Å². The number of aliphatic hydroxyl groups is 1. The van der Waals surface area contributed by atoms with E-state index in [1.807, 2.05) is 45.0 Å². The predicted octanol–water partition coefficient (Wildman–Crippen LogP) is 2.36. The lowest BCUT2D eigenvalue weighted by Crippen LogP contribution is -2.38. The van der Waals surface area contributed by atoms with Crippen molar-refractivity contribution in [3.05, 3.63) is 36.2 Å². The van der Waals surface area contributed by atoms with Gasteiger partial charge in [-0.2, -0.15) is 0 Å². The number of rotatable bonds is 4. The highest BCUT2D eigenvalue weighted by Crippen LogP contribution is 2.18. The number of para-hydroxylation sites is 2. The number of aromatic nitrogens is 1. The summed E-state index contributed by atoms with van der Waals surface area (Å²) in [5.41, 5.74) is 1.17. The van der Waals surface area contributed by atoms with Gasteiger partial charge >= 0.3 is 0 Å². The molecule has 5 heteroatoms. The van der Waals surface area contributed by atoms with Crippen LogP contribution >= 0.6 is 0 Å². The molecule has 0 radical (unpaired) electrons. The summed E-state index contributed by atoms with van der Waals surface area (Å²) in [5.74, 6) is 0.0864. The molecule has 112 valence electrons. The molecule has 1 aromatic heterocycles. The van der Waals surface area contributed by atoms with Gasteiger partial charge in [0.05, 0.1) is 6.10 Å². The molecule has 1 unspecified atom stereocenters. The van der Waals surface area contributed by atoms with Crippen LogP contribution in [0.2, 0.25) is 0 Å². The Balaban J connectivity index is 1.93. The molecule has 0 aliphatic rings. The second kappa shape index (κ2) is 6.10. The van der Waals surface area contributed by atoms with Crippen molar-refractivity contribution < 1.29 is 14.3 Å². The van der Waals surface area contributed by atoms with E-state index in [-0.39, 0.29) is 17.9 Å². The van der Waals surface area contributed by atoms with Crippen molar-refractivity contribution in [3.63, 3.8) is 0 Å². The largest absolute Gasteiger partial charge is 0.437 e. The van der Waals surface area contributed by atoms with Gasteiger partial charge in [-0.05, 0) is 17.5 Å². The lowest BCUT2D eigenvalue weighted by atomic mass is 9.89. The van der Waals surface area contributed by atoms with Gasteiger partial charge in [0.15, 0.2) is 5.58 Å². The molecule has 5 nitrogen and oxygen atoms in total. The highest BCUT2D eigenvalue weighted by Gasteiger charge is 2.21. The monoisotopic (exact) mass is 288 g/mol. The summed E-state index contributed by atoms with van der Waals surface area (Å²) in [6.07, 6.45) is 2.26. The van der Waals surface area contributed by atoms with Crippen LogP contribution in [-0.2, 0) is 4.79 Å². The van der Waals surface area contributed by atoms with Gasteiger partial charge in [-0.25, -0.2) is 4.98 Å². The van der Waals surface area contributed by atoms with Crippen molar-refractivity contribution in [2.24, 2.45) is 5.41 Å². The number of nitrogens with one attached hydrogen (secondary N) is 1. The van der Waals surface area contributed by atoms with E-state index in [4.69, 9.17) is 4.42 Å². The van der Waals surface area contributed by atoms with Gasteiger partial charge in [0.25, 0.3) is 0 Å². The van der Waals surface area contributed by atoms with E-state index in [1.165, 1.54) is 12.2 Å². The minimum absolute atomic E-state index is 0.209. The topological polar surface area (TPSA) is 75.4 Å². The second-order valence-electron chi connectivity index (χ2n) is 5.98. The fourth-order valence-corrected chi connectivity index (χ4v) is 1.67. The molecular weight excluding hydrogens is 268 g/mol. The van der Waals surface area contributed by atoms with Crippen molar-refractivity contribution in [1.29, 1.82) is 0 Å². The molecule has 0 saturated carbocycles. The Morgan fingerprint density at radius 3 is 2.81 bits per heavy atom. The van der Waals surface area contributed by atoms with Gasteiger partial charge in [0.2, 0.25) is 11.8 Å². The van der Waals surface area contributed by atoms with E-state index in [1.54, 1.807) is 0 Å². The lowest BCUT2D eigenvalue weighted by Gasteiger charge is -2.25. The fourth-order valence-electron chi connectivity index (χ4n) is 1.67. The number of fused-ring (bicyclic) bond motifs is 1. The Labute approximate surface area is 123 Å². The molecule has 2 aromatic rings. The molecule has 1 heterocycles. The zero-order chi connectivity index (χ0) is 15.5. The Hall–Kier alpha value is -2.14. The molecule has 0 saturated heterocycles. The number of carbonyl (C=O) groups excluding carboxylic acids is 1. The number of carbonyl (C=O) groups is 1. The van der Waals surface area contributed by atoms with Crippen molar-refractivity contribution >= 4 is 23.1 Å². The first-order valence-corrected chi connectivity index (χ1v) is 6.86. The Morgan fingerprint density at radius 2 is 2.14 bits per heavy atom. The quantitative estimate of drug-likeness (QED) is 0.847. The lowest BCUT2D eigenvalue weighted by molar-refractivity contribution is -0.117. The van der Waals surface area contributed by atoms with Crippen LogP contribution in [-0.4, -0.2) is 28.6 Å². The van der Waals surface area contributed by atoms with E-state index < -0.39 is 6.10 Å². The van der Waals surface area contributed by atoms with E-state index in [0.717, 1.165) is 5.52 Å². The predicted molar refractivity (Wildman–Crippen MR) is 81.5 cm³/mol. The zero-order valence-corrected chi connectivity index (χ0v) is 12.5.